The van der Waals surface area contributed by atoms with Crippen LogP contribution in [-0.4, -0.2) is 17.2 Å². The molecule has 1 heterocycles. The topological polar surface area (TPSA) is 40.5 Å². The molecule has 0 saturated carbocycles. The summed E-state index contributed by atoms with van der Waals surface area (Å²) < 4.78 is 1.72. The number of fused-ring (bicyclic) bond motifs is 1. The lowest BCUT2D eigenvalue weighted by Gasteiger charge is -2.01. The van der Waals surface area contributed by atoms with E-state index in [9.17, 15) is 0 Å². The number of rotatable bonds is 1. The summed E-state index contributed by atoms with van der Waals surface area (Å²) in [7, 11) is -1.46. The van der Waals surface area contributed by atoms with E-state index in [2.05, 4.69) is 15.9 Å². The van der Waals surface area contributed by atoms with Gasteiger partial charge in [-0.2, -0.15) is 0 Å². The van der Waals surface area contributed by atoms with Crippen LogP contribution in [0.5, 0.6) is 0 Å². The van der Waals surface area contributed by atoms with E-state index in [1.807, 2.05) is 6.07 Å². The molecule has 0 saturated heterocycles. The highest BCUT2D eigenvalue weighted by molar-refractivity contribution is 9.11. The van der Waals surface area contributed by atoms with E-state index in [0.717, 1.165) is 13.9 Å². The smallest absolute Gasteiger partial charge is 0.423 e. The Morgan fingerprint density at radius 1 is 1.36 bits per heavy atom. The van der Waals surface area contributed by atoms with Crippen molar-refractivity contribution in [3.63, 3.8) is 0 Å². The maximum absolute atomic E-state index is 9.13. The van der Waals surface area contributed by atoms with Crippen LogP contribution in [0.3, 0.4) is 0 Å². The van der Waals surface area contributed by atoms with Gasteiger partial charge in [-0.3, -0.25) is 0 Å². The van der Waals surface area contributed by atoms with Gasteiger partial charge in [0.2, 0.25) is 0 Å². The quantitative estimate of drug-likeness (QED) is 0.789. The van der Waals surface area contributed by atoms with Crippen molar-refractivity contribution in [2.45, 2.75) is 0 Å². The van der Waals surface area contributed by atoms with Gasteiger partial charge in [0.1, 0.15) is 0 Å². The van der Waals surface area contributed by atoms with Crippen molar-refractivity contribution in [2.24, 2.45) is 0 Å². The monoisotopic (exact) mass is 290 g/mol. The van der Waals surface area contributed by atoms with Gasteiger partial charge in [0, 0.05) is 20.6 Å². The van der Waals surface area contributed by atoms with Crippen LogP contribution in [0.1, 0.15) is 0 Å². The summed E-state index contributed by atoms with van der Waals surface area (Å²) >= 11 is 10.7. The summed E-state index contributed by atoms with van der Waals surface area (Å²) in [5, 5.41) is 19.7. The van der Waals surface area contributed by atoms with Crippen molar-refractivity contribution < 1.29 is 10.0 Å². The Balaban J connectivity index is 2.81. The second-order valence-corrected chi connectivity index (χ2v) is 5.64. The normalized spacial score (nSPS) is 10.9. The fourth-order valence-electron chi connectivity index (χ4n) is 1.28. The Labute approximate surface area is 98.4 Å². The zero-order valence-electron chi connectivity index (χ0n) is 6.87. The van der Waals surface area contributed by atoms with Gasteiger partial charge in [0.15, 0.2) is 0 Å². The van der Waals surface area contributed by atoms with Crippen molar-refractivity contribution in [1.82, 2.24) is 0 Å². The zero-order valence-corrected chi connectivity index (χ0v) is 10.0. The first-order valence-corrected chi connectivity index (χ1v) is 5.82. The first kappa shape index (κ1) is 10.5. The van der Waals surface area contributed by atoms with Crippen LogP contribution in [0.2, 0.25) is 5.02 Å². The lowest BCUT2D eigenvalue weighted by atomic mass is 9.80. The first-order chi connectivity index (χ1) is 6.59. The van der Waals surface area contributed by atoms with Crippen molar-refractivity contribution in [2.75, 3.05) is 0 Å². The van der Waals surface area contributed by atoms with Crippen molar-refractivity contribution in [3.8, 4) is 0 Å². The van der Waals surface area contributed by atoms with Gasteiger partial charge in [-0.15, -0.1) is 11.3 Å². The predicted octanol–water partition coefficient (Wildman–Crippen LogP) is 2.00. The van der Waals surface area contributed by atoms with Gasteiger partial charge in [-0.25, -0.2) is 0 Å². The highest BCUT2D eigenvalue weighted by Crippen LogP contribution is 2.32. The molecule has 2 rings (SSSR count). The van der Waals surface area contributed by atoms with Crippen LogP contribution >= 0.6 is 38.9 Å². The molecule has 2 aromatic rings. The molecule has 0 atom stereocenters. The summed E-state index contributed by atoms with van der Waals surface area (Å²) in [6.45, 7) is 0. The van der Waals surface area contributed by atoms with Gasteiger partial charge >= 0.3 is 7.12 Å². The van der Waals surface area contributed by atoms with Crippen molar-refractivity contribution >= 4 is 61.5 Å². The molecule has 1 aromatic carbocycles. The van der Waals surface area contributed by atoms with E-state index in [4.69, 9.17) is 21.6 Å². The van der Waals surface area contributed by atoms with Crippen LogP contribution in [0, 0.1) is 0 Å². The van der Waals surface area contributed by atoms with Gasteiger partial charge < -0.3 is 10.0 Å². The standard InChI is InChI=1S/C8H5BBrClO2S/c10-7-3-4-6(11)2-1-5(9(12)13)8(4)14-7/h1-3,12-13H. The lowest BCUT2D eigenvalue weighted by molar-refractivity contribution is 0.426. The van der Waals surface area contributed by atoms with Crippen LogP contribution in [-0.2, 0) is 0 Å². The molecule has 1 aromatic heterocycles. The van der Waals surface area contributed by atoms with E-state index in [0.29, 0.717) is 10.5 Å². The average Bonchev–Trinajstić information content (AvgIpc) is 2.47. The van der Waals surface area contributed by atoms with Gasteiger partial charge in [-0.05, 0) is 28.1 Å². The van der Waals surface area contributed by atoms with Crippen LogP contribution in [0.4, 0.5) is 0 Å². The molecule has 72 valence electrons. The third-order valence-corrected chi connectivity index (χ3v) is 3.93. The molecule has 2 N–H and O–H groups in total. The first-order valence-electron chi connectivity index (χ1n) is 3.83. The Kier molecular flexibility index (Phi) is 2.86. The summed E-state index contributed by atoms with van der Waals surface area (Å²) in [6, 6.07) is 5.16. The second-order valence-electron chi connectivity index (χ2n) is 2.80. The largest absolute Gasteiger partial charge is 0.489 e. The minimum Gasteiger partial charge on any atom is -0.423 e. The number of benzene rings is 1. The molecule has 6 heteroatoms. The summed E-state index contributed by atoms with van der Waals surface area (Å²) in [5.74, 6) is 0. The molecule has 0 fully saturated rings. The molecule has 2 nitrogen and oxygen atoms in total. The van der Waals surface area contributed by atoms with E-state index >= 15 is 0 Å². The van der Waals surface area contributed by atoms with Gasteiger partial charge in [-0.1, -0.05) is 17.7 Å². The summed E-state index contributed by atoms with van der Waals surface area (Å²) in [6.07, 6.45) is 0. The molecule has 0 radical (unpaired) electrons. The zero-order chi connectivity index (χ0) is 10.3. The number of hydrogen-bond acceptors (Lipinski definition) is 3. The second kappa shape index (κ2) is 3.83. The SMILES string of the molecule is OB(O)c1ccc(Cl)c2cc(Br)sc12. The fraction of sp³-hybridized carbons (Fsp3) is 0. The minimum atomic E-state index is -1.46. The predicted molar refractivity (Wildman–Crippen MR) is 64.4 cm³/mol. The van der Waals surface area contributed by atoms with Crippen molar-refractivity contribution in [1.29, 1.82) is 0 Å². The lowest BCUT2D eigenvalue weighted by Crippen LogP contribution is -2.29. The molecule has 0 bridgehead atoms. The van der Waals surface area contributed by atoms with Gasteiger partial charge in [0.05, 0.1) is 3.79 Å². The fourth-order valence-corrected chi connectivity index (χ4v) is 3.21. The molecular weight excluding hydrogens is 286 g/mol. The molecule has 0 spiro atoms. The van der Waals surface area contributed by atoms with Crippen LogP contribution in [0.25, 0.3) is 10.1 Å². The van der Waals surface area contributed by atoms with Crippen LogP contribution in [0.15, 0.2) is 22.0 Å². The molecule has 0 aliphatic heterocycles. The number of halogens is 2. The van der Waals surface area contributed by atoms with E-state index < -0.39 is 7.12 Å². The van der Waals surface area contributed by atoms with Crippen LogP contribution < -0.4 is 5.46 Å². The molecule has 14 heavy (non-hydrogen) atoms. The highest BCUT2D eigenvalue weighted by atomic mass is 79.9. The van der Waals surface area contributed by atoms with E-state index in [-0.39, 0.29) is 0 Å². The Hall–Kier alpha value is -0.0651. The van der Waals surface area contributed by atoms with E-state index in [1.54, 1.807) is 12.1 Å². The Morgan fingerprint density at radius 3 is 2.71 bits per heavy atom. The minimum absolute atomic E-state index is 0.486. The summed E-state index contributed by atoms with van der Waals surface area (Å²) in [5.41, 5.74) is 0.486. The maximum Gasteiger partial charge on any atom is 0.489 e. The Bertz CT molecular complexity index is 485. The molecule has 0 amide bonds. The number of thiophene rings is 1. The third-order valence-electron chi connectivity index (χ3n) is 1.91. The average molecular weight is 291 g/mol. The third kappa shape index (κ3) is 1.70. The van der Waals surface area contributed by atoms with Crippen molar-refractivity contribution in [3.05, 3.63) is 27.0 Å². The number of hydrogen-bond donors (Lipinski definition) is 2. The Morgan fingerprint density at radius 2 is 2.07 bits per heavy atom. The molecule has 0 unspecified atom stereocenters. The maximum atomic E-state index is 9.13. The molecular formula is C8H5BBrClO2S. The molecule has 0 aliphatic rings. The van der Waals surface area contributed by atoms with Gasteiger partial charge in [0.25, 0.3) is 0 Å². The molecule has 0 aliphatic carbocycles. The summed E-state index contributed by atoms with van der Waals surface area (Å²) in [4.78, 5) is 0. The van der Waals surface area contributed by atoms with E-state index in [1.165, 1.54) is 11.3 Å². The highest BCUT2D eigenvalue weighted by Gasteiger charge is 2.17.